The Bertz CT molecular complexity index is 805. The Morgan fingerprint density at radius 2 is 1.55 bits per heavy atom. The van der Waals surface area contributed by atoms with Gasteiger partial charge in [0.05, 0.1) is 18.5 Å². The monoisotopic (exact) mass is 457 g/mol. The summed E-state index contributed by atoms with van der Waals surface area (Å²) in [6, 6.07) is 17.4. The molecule has 1 saturated heterocycles. The number of carbonyl (C=O) groups excluding carboxylic acids is 2. The van der Waals surface area contributed by atoms with E-state index >= 15 is 0 Å². The second-order valence-corrected chi connectivity index (χ2v) is 8.46. The number of hydrogen-bond acceptors (Lipinski definition) is 3. The molecule has 6 heteroatoms. The lowest BCUT2D eigenvalue weighted by Gasteiger charge is -2.26. The van der Waals surface area contributed by atoms with Crippen molar-refractivity contribution in [3.63, 3.8) is 0 Å². The molecular formula is C23H28BrN3O2. The van der Waals surface area contributed by atoms with Crippen LogP contribution in [0.1, 0.15) is 49.4 Å². The standard InChI is InChI=1S/C23H28BrN3O2/c1-17(28)25-21(19-9-11-20(24)12-10-19)15-23(29)26-22(16-27-13-5-6-14-27)18-7-3-2-4-8-18/h2-4,7-12,21-22H,5-6,13-16H2,1H3,(H,25,28)(H,26,29). The highest BCUT2D eigenvalue weighted by Gasteiger charge is 2.23. The topological polar surface area (TPSA) is 61.4 Å². The Hall–Kier alpha value is -2.18. The molecule has 2 N–H and O–H groups in total. The summed E-state index contributed by atoms with van der Waals surface area (Å²) >= 11 is 3.43. The van der Waals surface area contributed by atoms with E-state index in [0.29, 0.717) is 0 Å². The van der Waals surface area contributed by atoms with Crippen molar-refractivity contribution in [2.75, 3.05) is 19.6 Å². The number of carbonyl (C=O) groups is 2. The minimum atomic E-state index is -0.358. The van der Waals surface area contributed by atoms with Gasteiger partial charge in [-0.2, -0.15) is 0 Å². The molecule has 29 heavy (non-hydrogen) atoms. The van der Waals surface area contributed by atoms with Crippen LogP contribution >= 0.6 is 15.9 Å². The summed E-state index contributed by atoms with van der Waals surface area (Å²) in [4.78, 5) is 27.0. The molecule has 2 atom stereocenters. The molecule has 2 aromatic rings. The largest absolute Gasteiger partial charge is 0.349 e. The van der Waals surface area contributed by atoms with Gasteiger partial charge in [-0.15, -0.1) is 0 Å². The summed E-state index contributed by atoms with van der Waals surface area (Å²) in [6.07, 6.45) is 2.62. The first-order valence-corrected chi connectivity index (χ1v) is 10.9. The Morgan fingerprint density at radius 3 is 2.17 bits per heavy atom. The van der Waals surface area contributed by atoms with Crippen LogP contribution in [0.3, 0.4) is 0 Å². The summed E-state index contributed by atoms with van der Waals surface area (Å²) in [5.41, 5.74) is 2.02. The van der Waals surface area contributed by atoms with Crippen LogP contribution in [-0.2, 0) is 9.59 Å². The molecule has 0 radical (unpaired) electrons. The van der Waals surface area contributed by atoms with Gasteiger partial charge in [0.15, 0.2) is 0 Å². The van der Waals surface area contributed by atoms with Crippen LogP contribution in [0.4, 0.5) is 0 Å². The van der Waals surface area contributed by atoms with Gasteiger partial charge in [0.25, 0.3) is 0 Å². The van der Waals surface area contributed by atoms with E-state index in [-0.39, 0.29) is 30.3 Å². The lowest BCUT2D eigenvalue weighted by molar-refractivity contribution is -0.123. The van der Waals surface area contributed by atoms with Gasteiger partial charge in [0.2, 0.25) is 11.8 Å². The van der Waals surface area contributed by atoms with Crippen molar-refractivity contribution in [2.45, 2.75) is 38.3 Å². The van der Waals surface area contributed by atoms with E-state index in [1.165, 1.54) is 19.8 Å². The molecule has 1 aliphatic heterocycles. The maximum absolute atomic E-state index is 12.9. The van der Waals surface area contributed by atoms with Gasteiger partial charge in [0.1, 0.15) is 0 Å². The Kier molecular flexibility index (Phi) is 7.83. The third kappa shape index (κ3) is 6.68. The normalized spacial score (nSPS) is 16.2. The quantitative estimate of drug-likeness (QED) is 0.630. The van der Waals surface area contributed by atoms with Gasteiger partial charge in [-0.25, -0.2) is 0 Å². The molecule has 0 spiro atoms. The van der Waals surface area contributed by atoms with E-state index in [9.17, 15) is 9.59 Å². The molecule has 2 aromatic carbocycles. The van der Waals surface area contributed by atoms with Crippen molar-refractivity contribution in [3.05, 3.63) is 70.2 Å². The van der Waals surface area contributed by atoms with Crippen LogP contribution in [0.15, 0.2) is 59.1 Å². The number of rotatable bonds is 8. The average Bonchev–Trinajstić information content (AvgIpc) is 3.21. The molecule has 1 fully saturated rings. The molecule has 5 nitrogen and oxygen atoms in total. The number of hydrogen-bond donors (Lipinski definition) is 2. The molecule has 0 saturated carbocycles. The van der Waals surface area contributed by atoms with E-state index in [2.05, 4.69) is 43.6 Å². The lowest BCUT2D eigenvalue weighted by Crippen LogP contribution is -2.39. The Balaban J connectivity index is 1.71. The number of amides is 2. The third-order valence-electron chi connectivity index (χ3n) is 5.22. The van der Waals surface area contributed by atoms with E-state index in [4.69, 9.17) is 0 Å². The van der Waals surface area contributed by atoms with Gasteiger partial charge in [0, 0.05) is 17.9 Å². The van der Waals surface area contributed by atoms with Crippen molar-refractivity contribution < 1.29 is 9.59 Å². The predicted octanol–water partition coefficient (Wildman–Crippen LogP) is 3.97. The summed E-state index contributed by atoms with van der Waals surface area (Å²) in [5.74, 6) is -0.220. The summed E-state index contributed by atoms with van der Waals surface area (Å²) in [7, 11) is 0. The highest BCUT2D eigenvalue weighted by molar-refractivity contribution is 9.10. The lowest BCUT2D eigenvalue weighted by atomic mass is 10.0. The summed E-state index contributed by atoms with van der Waals surface area (Å²) in [6.45, 7) is 4.43. The van der Waals surface area contributed by atoms with Crippen LogP contribution in [-0.4, -0.2) is 36.3 Å². The van der Waals surface area contributed by atoms with Crippen molar-refractivity contribution in [2.24, 2.45) is 0 Å². The zero-order valence-corrected chi connectivity index (χ0v) is 18.3. The molecule has 1 aliphatic rings. The maximum atomic E-state index is 12.9. The first kappa shape index (κ1) is 21.5. The number of nitrogens with one attached hydrogen (secondary N) is 2. The molecule has 0 aromatic heterocycles. The van der Waals surface area contributed by atoms with Crippen molar-refractivity contribution >= 4 is 27.7 Å². The van der Waals surface area contributed by atoms with Gasteiger partial charge in [-0.3, -0.25) is 9.59 Å². The van der Waals surface area contributed by atoms with Gasteiger partial charge in [-0.05, 0) is 49.2 Å². The molecule has 3 rings (SSSR count). The number of likely N-dealkylation sites (tertiary alicyclic amines) is 1. The SMILES string of the molecule is CC(=O)NC(CC(=O)NC(CN1CCCC1)c1ccccc1)c1ccc(Br)cc1. The zero-order valence-electron chi connectivity index (χ0n) is 16.7. The first-order valence-electron chi connectivity index (χ1n) is 10.1. The molecule has 1 heterocycles. The smallest absolute Gasteiger partial charge is 0.222 e. The van der Waals surface area contributed by atoms with Crippen LogP contribution in [0.5, 0.6) is 0 Å². The van der Waals surface area contributed by atoms with E-state index in [1.54, 1.807) is 0 Å². The minimum Gasteiger partial charge on any atom is -0.349 e. The first-order chi connectivity index (χ1) is 14.0. The van der Waals surface area contributed by atoms with Crippen molar-refractivity contribution in [1.82, 2.24) is 15.5 Å². The minimum absolute atomic E-state index is 0.0651. The number of halogens is 1. The van der Waals surface area contributed by atoms with Gasteiger partial charge < -0.3 is 15.5 Å². The van der Waals surface area contributed by atoms with Crippen LogP contribution < -0.4 is 10.6 Å². The van der Waals surface area contributed by atoms with Crippen molar-refractivity contribution in [1.29, 1.82) is 0 Å². The molecule has 154 valence electrons. The fourth-order valence-electron chi connectivity index (χ4n) is 3.77. The highest BCUT2D eigenvalue weighted by Crippen LogP contribution is 2.22. The molecule has 2 unspecified atom stereocenters. The average molecular weight is 458 g/mol. The Labute approximate surface area is 181 Å². The van der Waals surface area contributed by atoms with Crippen molar-refractivity contribution in [3.8, 4) is 0 Å². The fraction of sp³-hybridized carbons (Fsp3) is 0.391. The zero-order chi connectivity index (χ0) is 20.6. The number of benzene rings is 2. The van der Waals surface area contributed by atoms with Crippen LogP contribution in [0.25, 0.3) is 0 Å². The highest BCUT2D eigenvalue weighted by atomic mass is 79.9. The number of nitrogens with zero attached hydrogens (tertiary/aromatic N) is 1. The summed E-state index contributed by atoms with van der Waals surface area (Å²) < 4.78 is 0.960. The van der Waals surface area contributed by atoms with Gasteiger partial charge in [-0.1, -0.05) is 58.4 Å². The summed E-state index contributed by atoms with van der Waals surface area (Å²) in [5, 5.41) is 6.11. The van der Waals surface area contributed by atoms with E-state index in [1.807, 2.05) is 42.5 Å². The predicted molar refractivity (Wildman–Crippen MR) is 118 cm³/mol. The molecule has 2 amide bonds. The molecular weight excluding hydrogens is 430 g/mol. The molecule has 0 bridgehead atoms. The third-order valence-corrected chi connectivity index (χ3v) is 5.74. The van der Waals surface area contributed by atoms with Gasteiger partial charge >= 0.3 is 0 Å². The second kappa shape index (κ2) is 10.6. The van der Waals surface area contributed by atoms with E-state index < -0.39 is 0 Å². The van der Waals surface area contributed by atoms with Crippen LogP contribution in [0.2, 0.25) is 0 Å². The second-order valence-electron chi connectivity index (χ2n) is 7.55. The Morgan fingerprint density at radius 1 is 0.931 bits per heavy atom. The maximum Gasteiger partial charge on any atom is 0.222 e. The van der Waals surface area contributed by atoms with Crippen LogP contribution in [0, 0.1) is 0 Å². The fourth-order valence-corrected chi connectivity index (χ4v) is 4.04. The van der Waals surface area contributed by atoms with E-state index in [0.717, 1.165) is 35.2 Å². The molecule has 0 aliphatic carbocycles.